The van der Waals surface area contributed by atoms with Crippen LogP contribution in [0.5, 0.6) is 0 Å². The second-order valence-electron chi connectivity index (χ2n) is 4.33. The number of hydrogen-bond acceptors (Lipinski definition) is 3. The van der Waals surface area contributed by atoms with Gasteiger partial charge in [-0.05, 0) is 25.7 Å². The zero-order valence-corrected chi connectivity index (χ0v) is 9.62. The van der Waals surface area contributed by atoms with Gasteiger partial charge in [-0.25, -0.2) is 0 Å². The van der Waals surface area contributed by atoms with Crippen molar-refractivity contribution in [2.75, 3.05) is 0 Å². The monoisotopic (exact) mass is 200 g/mol. The highest BCUT2D eigenvalue weighted by atomic mass is 16.5. The highest BCUT2D eigenvalue weighted by Crippen LogP contribution is 2.27. The summed E-state index contributed by atoms with van der Waals surface area (Å²) in [6.45, 7) is 6.58. The molecule has 84 valence electrons. The van der Waals surface area contributed by atoms with Crippen LogP contribution in [0.2, 0.25) is 0 Å². The predicted octanol–water partition coefficient (Wildman–Crippen LogP) is 1.82. The SMILES string of the molecule is CCC(CC)C(NN)C1CCC(C)O1. The normalized spacial score (nSPS) is 29.8. The third kappa shape index (κ3) is 2.69. The summed E-state index contributed by atoms with van der Waals surface area (Å²) in [5, 5.41) is 0. The second kappa shape index (κ2) is 5.69. The molecule has 3 N–H and O–H groups in total. The smallest absolute Gasteiger partial charge is 0.0748 e. The topological polar surface area (TPSA) is 47.3 Å². The lowest BCUT2D eigenvalue weighted by Gasteiger charge is -2.29. The fraction of sp³-hybridized carbons (Fsp3) is 1.00. The van der Waals surface area contributed by atoms with E-state index >= 15 is 0 Å². The molecule has 0 aliphatic carbocycles. The maximum Gasteiger partial charge on any atom is 0.0748 e. The molecule has 0 radical (unpaired) electrons. The molecule has 0 saturated carbocycles. The first-order chi connectivity index (χ1) is 6.72. The molecule has 1 saturated heterocycles. The Balaban J connectivity index is 2.52. The first kappa shape index (κ1) is 12.0. The van der Waals surface area contributed by atoms with Crippen LogP contribution in [0, 0.1) is 5.92 Å². The summed E-state index contributed by atoms with van der Waals surface area (Å²) in [6.07, 6.45) is 5.37. The molecule has 0 aromatic heterocycles. The Morgan fingerprint density at radius 3 is 2.36 bits per heavy atom. The van der Waals surface area contributed by atoms with Crippen LogP contribution in [-0.2, 0) is 4.74 Å². The van der Waals surface area contributed by atoms with E-state index in [0.29, 0.717) is 24.2 Å². The van der Waals surface area contributed by atoms with Crippen molar-refractivity contribution in [2.45, 2.75) is 64.7 Å². The van der Waals surface area contributed by atoms with Crippen LogP contribution in [0.1, 0.15) is 46.5 Å². The summed E-state index contributed by atoms with van der Waals surface area (Å²) in [5.74, 6) is 6.25. The van der Waals surface area contributed by atoms with Gasteiger partial charge >= 0.3 is 0 Å². The van der Waals surface area contributed by atoms with E-state index in [9.17, 15) is 0 Å². The molecule has 3 unspecified atom stereocenters. The molecule has 0 amide bonds. The van der Waals surface area contributed by atoms with Gasteiger partial charge in [0, 0.05) is 0 Å². The predicted molar refractivity (Wildman–Crippen MR) is 58.8 cm³/mol. The maximum atomic E-state index is 5.86. The van der Waals surface area contributed by atoms with Gasteiger partial charge in [0.25, 0.3) is 0 Å². The van der Waals surface area contributed by atoms with Crippen molar-refractivity contribution in [2.24, 2.45) is 11.8 Å². The van der Waals surface area contributed by atoms with E-state index in [0.717, 1.165) is 6.42 Å². The Morgan fingerprint density at radius 1 is 1.36 bits per heavy atom. The zero-order valence-electron chi connectivity index (χ0n) is 9.62. The molecule has 0 spiro atoms. The molecule has 14 heavy (non-hydrogen) atoms. The summed E-state index contributed by atoms with van der Waals surface area (Å²) in [4.78, 5) is 0. The molecule has 1 fully saturated rings. The van der Waals surface area contributed by atoms with E-state index in [1.165, 1.54) is 19.3 Å². The third-order valence-corrected chi connectivity index (χ3v) is 3.41. The fourth-order valence-electron chi connectivity index (χ4n) is 2.44. The van der Waals surface area contributed by atoms with Crippen molar-refractivity contribution in [1.29, 1.82) is 0 Å². The van der Waals surface area contributed by atoms with Gasteiger partial charge in [0.05, 0.1) is 18.2 Å². The van der Waals surface area contributed by atoms with Gasteiger partial charge in [-0.1, -0.05) is 26.7 Å². The van der Waals surface area contributed by atoms with Gasteiger partial charge in [-0.2, -0.15) is 0 Å². The highest BCUT2D eigenvalue weighted by molar-refractivity contribution is 4.85. The molecule has 0 bridgehead atoms. The quantitative estimate of drug-likeness (QED) is 0.525. The number of nitrogens with two attached hydrogens (primary N) is 1. The maximum absolute atomic E-state index is 5.86. The molecule has 1 aliphatic heterocycles. The minimum Gasteiger partial charge on any atom is -0.374 e. The molecule has 0 aromatic rings. The number of nitrogens with one attached hydrogen (secondary N) is 1. The van der Waals surface area contributed by atoms with Crippen molar-refractivity contribution in [1.82, 2.24) is 5.43 Å². The average molecular weight is 200 g/mol. The minimum absolute atomic E-state index is 0.319. The molecule has 0 aromatic carbocycles. The molecule has 3 atom stereocenters. The van der Waals surface area contributed by atoms with Crippen LogP contribution in [-0.4, -0.2) is 18.2 Å². The van der Waals surface area contributed by atoms with Crippen molar-refractivity contribution in [3.05, 3.63) is 0 Å². The Kier molecular flexibility index (Phi) is 4.85. The molecule has 1 heterocycles. The van der Waals surface area contributed by atoms with E-state index in [1.807, 2.05) is 0 Å². The average Bonchev–Trinajstić information content (AvgIpc) is 2.60. The van der Waals surface area contributed by atoms with Crippen molar-refractivity contribution < 1.29 is 4.74 Å². The van der Waals surface area contributed by atoms with E-state index in [-0.39, 0.29) is 0 Å². The number of ether oxygens (including phenoxy) is 1. The molecule has 1 rings (SSSR count). The van der Waals surface area contributed by atoms with E-state index < -0.39 is 0 Å². The van der Waals surface area contributed by atoms with E-state index in [1.54, 1.807) is 0 Å². The second-order valence-corrected chi connectivity index (χ2v) is 4.33. The third-order valence-electron chi connectivity index (χ3n) is 3.41. The largest absolute Gasteiger partial charge is 0.374 e. The van der Waals surface area contributed by atoms with E-state index in [4.69, 9.17) is 10.6 Å². The first-order valence-electron chi connectivity index (χ1n) is 5.84. The molecule has 3 nitrogen and oxygen atoms in total. The Hall–Kier alpha value is -0.120. The summed E-state index contributed by atoms with van der Waals surface area (Å²) in [7, 11) is 0. The van der Waals surface area contributed by atoms with Gasteiger partial charge in [0.15, 0.2) is 0 Å². The lowest BCUT2D eigenvalue weighted by Crippen LogP contribution is -2.48. The lowest BCUT2D eigenvalue weighted by atomic mass is 9.89. The van der Waals surface area contributed by atoms with Gasteiger partial charge in [-0.15, -0.1) is 0 Å². The van der Waals surface area contributed by atoms with Gasteiger partial charge < -0.3 is 4.74 Å². The Morgan fingerprint density at radius 2 is 2.00 bits per heavy atom. The van der Waals surface area contributed by atoms with Crippen LogP contribution in [0.3, 0.4) is 0 Å². The summed E-state index contributed by atoms with van der Waals surface area (Å²) < 4.78 is 5.86. The van der Waals surface area contributed by atoms with E-state index in [2.05, 4.69) is 26.2 Å². The summed E-state index contributed by atoms with van der Waals surface area (Å²) in [6, 6.07) is 0.329. The number of hydrogen-bond donors (Lipinski definition) is 2. The van der Waals surface area contributed by atoms with Crippen molar-refractivity contribution >= 4 is 0 Å². The molecular formula is C11H24N2O. The molecule has 3 heteroatoms. The Labute approximate surface area is 87.4 Å². The van der Waals surface area contributed by atoms with Crippen LogP contribution < -0.4 is 11.3 Å². The van der Waals surface area contributed by atoms with Crippen molar-refractivity contribution in [3.8, 4) is 0 Å². The number of rotatable bonds is 5. The van der Waals surface area contributed by atoms with Gasteiger partial charge in [0.1, 0.15) is 0 Å². The summed E-state index contributed by atoms with van der Waals surface area (Å²) >= 11 is 0. The van der Waals surface area contributed by atoms with Gasteiger partial charge in [0.2, 0.25) is 0 Å². The number of hydrazine groups is 1. The van der Waals surface area contributed by atoms with Crippen LogP contribution in [0.25, 0.3) is 0 Å². The fourth-order valence-corrected chi connectivity index (χ4v) is 2.44. The molecular weight excluding hydrogens is 176 g/mol. The standard InChI is InChI=1S/C11H24N2O/c1-4-9(5-2)11(13-12)10-7-6-8(3)14-10/h8-11,13H,4-7,12H2,1-3H3. The van der Waals surface area contributed by atoms with Crippen molar-refractivity contribution in [3.63, 3.8) is 0 Å². The minimum atomic E-state index is 0.319. The van der Waals surface area contributed by atoms with Crippen LogP contribution >= 0.6 is 0 Å². The van der Waals surface area contributed by atoms with Gasteiger partial charge in [-0.3, -0.25) is 11.3 Å². The first-order valence-corrected chi connectivity index (χ1v) is 5.84. The lowest BCUT2D eigenvalue weighted by molar-refractivity contribution is 0.0159. The summed E-state index contributed by atoms with van der Waals surface area (Å²) in [5.41, 5.74) is 2.94. The molecule has 1 aliphatic rings. The Bertz CT molecular complexity index is 159. The zero-order chi connectivity index (χ0) is 10.6. The highest BCUT2D eigenvalue weighted by Gasteiger charge is 2.32. The van der Waals surface area contributed by atoms with Crippen LogP contribution in [0.4, 0.5) is 0 Å². The van der Waals surface area contributed by atoms with Crippen LogP contribution in [0.15, 0.2) is 0 Å².